The molecule has 0 aliphatic carbocycles. The second-order valence-electron chi connectivity index (χ2n) is 4.84. The lowest BCUT2D eigenvalue weighted by Gasteiger charge is -2.23. The number of benzene rings is 2. The molecule has 0 heterocycles. The molecule has 0 bridgehead atoms. The fourth-order valence-electron chi connectivity index (χ4n) is 1.93. The van der Waals surface area contributed by atoms with Crippen molar-refractivity contribution in [2.45, 2.75) is 12.5 Å². The first-order valence-electron chi connectivity index (χ1n) is 6.50. The van der Waals surface area contributed by atoms with Gasteiger partial charge >= 0.3 is 0 Å². The highest BCUT2D eigenvalue weighted by molar-refractivity contribution is 6.15. The minimum atomic E-state index is -1.59. The molecule has 0 fully saturated rings. The Kier molecular flexibility index (Phi) is 4.28. The Balaban J connectivity index is 2.24. The first-order chi connectivity index (χ1) is 10.1. The minimum Gasteiger partial charge on any atom is -0.333 e. The van der Waals surface area contributed by atoms with Crippen molar-refractivity contribution in [1.82, 2.24) is 5.32 Å². The van der Waals surface area contributed by atoms with Gasteiger partial charge in [-0.1, -0.05) is 48.5 Å². The van der Waals surface area contributed by atoms with Gasteiger partial charge in [0.25, 0.3) is 5.91 Å². The molecule has 1 N–H and O–H groups in total. The summed E-state index contributed by atoms with van der Waals surface area (Å²) in [5.41, 5.74) is -0.819. The maximum absolute atomic E-state index is 12.4. The van der Waals surface area contributed by atoms with Gasteiger partial charge in [-0.2, -0.15) is 0 Å². The number of carbonyl (C=O) groups is 3. The number of nitrogens with one attached hydrogen (secondary N) is 1. The normalized spacial score (nSPS) is 13.0. The monoisotopic (exact) mass is 281 g/mol. The number of rotatable bonds is 5. The lowest BCUT2D eigenvalue weighted by atomic mass is 9.92. The van der Waals surface area contributed by atoms with Gasteiger partial charge < -0.3 is 10.1 Å². The molecule has 1 amide bonds. The maximum Gasteiger partial charge on any atom is 0.252 e. The summed E-state index contributed by atoms with van der Waals surface area (Å²) in [5.74, 6) is -0.906. The molecule has 106 valence electrons. The van der Waals surface area contributed by atoms with E-state index in [1.807, 2.05) is 0 Å². The molecule has 0 radical (unpaired) electrons. The zero-order valence-electron chi connectivity index (χ0n) is 11.6. The summed E-state index contributed by atoms with van der Waals surface area (Å²) in [4.78, 5) is 35.9. The molecular formula is C17H15NO3. The molecular weight excluding hydrogens is 266 g/mol. The number of aldehydes is 1. The Bertz CT molecular complexity index is 652. The van der Waals surface area contributed by atoms with Gasteiger partial charge in [-0.3, -0.25) is 9.59 Å². The topological polar surface area (TPSA) is 63.2 Å². The first-order valence-corrected chi connectivity index (χ1v) is 6.50. The predicted octanol–water partition coefficient (Wildman–Crippen LogP) is 2.26. The Morgan fingerprint density at radius 1 is 0.905 bits per heavy atom. The Labute approximate surface area is 122 Å². The van der Waals surface area contributed by atoms with E-state index in [4.69, 9.17) is 0 Å². The molecule has 0 aliphatic heterocycles. The second-order valence-corrected chi connectivity index (χ2v) is 4.84. The highest BCUT2D eigenvalue weighted by atomic mass is 16.2. The van der Waals surface area contributed by atoms with E-state index in [0.717, 1.165) is 0 Å². The summed E-state index contributed by atoms with van der Waals surface area (Å²) in [6.07, 6.45) is 0.461. The number of amides is 1. The van der Waals surface area contributed by atoms with Crippen molar-refractivity contribution in [2.75, 3.05) is 0 Å². The third-order valence-corrected chi connectivity index (χ3v) is 3.15. The lowest BCUT2D eigenvalue weighted by molar-refractivity contribution is -0.111. The van der Waals surface area contributed by atoms with E-state index in [1.165, 1.54) is 6.92 Å². The molecule has 4 heteroatoms. The Hall–Kier alpha value is -2.75. The highest BCUT2D eigenvalue weighted by Gasteiger charge is 2.35. The van der Waals surface area contributed by atoms with Gasteiger partial charge in [0.1, 0.15) is 0 Å². The summed E-state index contributed by atoms with van der Waals surface area (Å²) in [5, 5.41) is 2.50. The Morgan fingerprint density at radius 3 is 1.86 bits per heavy atom. The summed E-state index contributed by atoms with van der Waals surface area (Å²) >= 11 is 0. The number of hydrogen-bond acceptors (Lipinski definition) is 3. The summed E-state index contributed by atoms with van der Waals surface area (Å²) in [7, 11) is 0. The van der Waals surface area contributed by atoms with Gasteiger partial charge in [-0.05, 0) is 19.1 Å². The van der Waals surface area contributed by atoms with E-state index in [9.17, 15) is 14.4 Å². The molecule has 1 unspecified atom stereocenters. The van der Waals surface area contributed by atoms with Crippen LogP contribution in [0.3, 0.4) is 0 Å². The average Bonchev–Trinajstić information content (AvgIpc) is 2.55. The van der Waals surface area contributed by atoms with Gasteiger partial charge in [0.15, 0.2) is 17.6 Å². The van der Waals surface area contributed by atoms with Crippen LogP contribution >= 0.6 is 0 Å². The maximum atomic E-state index is 12.4. The third-order valence-electron chi connectivity index (χ3n) is 3.15. The molecule has 0 saturated heterocycles. The molecule has 0 aromatic heterocycles. The van der Waals surface area contributed by atoms with Gasteiger partial charge in [0.2, 0.25) is 0 Å². The molecule has 4 nitrogen and oxygen atoms in total. The van der Waals surface area contributed by atoms with Crippen molar-refractivity contribution in [3.8, 4) is 0 Å². The highest BCUT2D eigenvalue weighted by Crippen LogP contribution is 2.13. The third kappa shape index (κ3) is 3.23. The standard InChI is InChI=1S/C17H15NO3/c1-17(12-19,15(20)13-8-4-2-5-9-13)18-16(21)14-10-6-3-7-11-14/h2-12H,1H3,(H,18,21). The van der Waals surface area contributed by atoms with E-state index in [0.29, 0.717) is 17.4 Å². The lowest BCUT2D eigenvalue weighted by Crippen LogP contribution is -2.53. The van der Waals surface area contributed by atoms with Gasteiger partial charge in [0.05, 0.1) is 0 Å². The molecule has 2 aromatic carbocycles. The summed E-state index contributed by atoms with van der Waals surface area (Å²) in [6, 6.07) is 16.9. The number of hydrogen-bond donors (Lipinski definition) is 1. The molecule has 21 heavy (non-hydrogen) atoms. The molecule has 2 rings (SSSR count). The number of ketones is 1. The average molecular weight is 281 g/mol. The van der Waals surface area contributed by atoms with Crippen LogP contribution in [0.5, 0.6) is 0 Å². The van der Waals surface area contributed by atoms with Crippen LogP contribution in [0.25, 0.3) is 0 Å². The molecule has 0 aliphatic rings. The van der Waals surface area contributed by atoms with Crippen molar-refractivity contribution >= 4 is 18.0 Å². The quantitative estimate of drug-likeness (QED) is 0.519. The van der Waals surface area contributed by atoms with E-state index in [1.54, 1.807) is 60.7 Å². The van der Waals surface area contributed by atoms with Crippen LogP contribution in [0, 0.1) is 0 Å². The smallest absolute Gasteiger partial charge is 0.252 e. The Morgan fingerprint density at radius 2 is 1.38 bits per heavy atom. The number of Topliss-reactive ketones (excluding diaryl/α,β-unsaturated/α-hetero) is 1. The fourth-order valence-corrected chi connectivity index (χ4v) is 1.93. The zero-order chi connectivity index (χ0) is 15.3. The molecule has 0 saturated carbocycles. The second kappa shape index (κ2) is 6.13. The minimum absolute atomic E-state index is 0.375. The molecule has 1 atom stereocenters. The SMILES string of the molecule is CC(C=O)(NC(=O)c1ccccc1)C(=O)c1ccccc1. The van der Waals surface area contributed by atoms with Crippen LogP contribution in [0.1, 0.15) is 27.6 Å². The van der Waals surface area contributed by atoms with Crippen LogP contribution in [0.15, 0.2) is 60.7 Å². The van der Waals surface area contributed by atoms with Crippen molar-refractivity contribution in [1.29, 1.82) is 0 Å². The fraction of sp³-hybridized carbons (Fsp3) is 0.118. The van der Waals surface area contributed by atoms with Crippen LogP contribution in [-0.4, -0.2) is 23.5 Å². The van der Waals surface area contributed by atoms with Crippen molar-refractivity contribution in [3.05, 3.63) is 71.8 Å². The van der Waals surface area contributed by atoms with E-state index in [2.05, 4.69) is 5.32 Å². The summed E-state index contributed by atoms with van der Waals surface area (Å²) < 4.78 is 0. The zero-order valence-corrected chi connectivity index (χ0v) is 11.6. The van der Waals surface area contributed by atoms with E-state index >= 15 is 0 Å². The molecule has 2 aromatic rings. The largest absolute Gasteiger partial charge is 0.333 e. The van der Waals surface area contributed by atoms with Gasteiger partial charge in [-0.25, -0.2) is 0 Å². The van der Waals surface area contributed by atoms with Gasteiger partial charge in [-0.15, -0.1) is 0 Å². The van der Waals surface area contributed by atoms with Crippen molar-refractivity contribution in [3.63, 3.8) is 0 Å². The van der Waals surface area contributed by atoms with E-state index < -0.39 is 17.2 Å². The van der Waals surface area contributed by atoms with Crippen molar-refractivity contribution in [2.24, 2.45) is 0 Å². The van der Waals surface area contributed by atoms with Gasteiger partial charge in [0, 0.05) is 11.1 Å². The molecule has 0 spiro atoms. The van der Waals surface area contributed by atoms with Crippen LogP contribution < -0.4 is 5.32 Å². The van der Waals surface area contributed by atoms with Crippen molar-refractivity contribution < 1.29 is 14.4 Å². The van der Waals surface area contributed by atoms with Crippen LogP contribution in [0.4, 0.5) is 0 Å². The predicted molar refractivity (Wildman–Crippen MR) is 79.1 cm³/mol. The first kappa shape index (κ1) is 14.7. The van der Waals surface area contributed by atoms with Crippen LogP contribution in [0.2, 0.25) is 0 Å². The number of carbonyl (C=O) groups excluding carboxylic acids is 3. The van der Waals surface area contributed by atoms with E-state index in [-0.39, 0.29) is 0 Å². The summed E-state index contributed by atoms with van der Waals surface area (Å²) in [6.45, 7) is 1.40. The van der Waals surface area contributed by atoms with Crippen LogP contribution in [-0.2, 0) is 4.79 Å².